The first kappa shape index (κ1) is 11.2. The Morgan fingerprint density at radius 3 is 3.19 bits per heavy atom. The first-order valence-electron chi connectivity index (χ1n) is 5.66. The van der Waals surface area contributed by atoms with Crippen LogP contribution in [0, 0.1) is 0 Å². The number of hydrogen-bond donors (Lipinski definition) is 1. The predicted octanol–water partition coefficient (Wildman–Crippen LogP) is 3.01. The van der Waals surface area contributed by atoms with Crippen molar-refractivity contribution in [3.63, 3.8) is 0 Å². The van der Waals surface area contributed by atoms with Gasteiger partial charge in [-0.3, -0.25) is 0 Å². The van der Waals surface area contributed by atoms with Gasteiger partial charge in [-0.15, -0.1) is 0 Å². The van der Waals surface area contributed by atoms with Gasteiger partial charge in [-0.2, -0.15) is 11.3 Å². The van der Waals surface area contributed by atoms with Crippen LogP contribution in [0.2, 0.25) is 0 Å². The summed E-state index contributed by atoms with van der Waals surface area (Å²) in [6.07, 6.45) is 6.08. The quantitative estimate of drug-likeness (QED) is 0.834. The van der Waals surface area contributed by atoms with Crippen LogP contribution in [-0.4, -0.2) is 16.1 Å². The van der Waals surface area contributed by atoms with Crippen molar-refractivity contribution >= 4 is 17.3 Å². The summed E-state index contributed by atoms with van der Waals surface area (Å²) >= 11 is 1.75. The second-order valence-corrected chi connectivity index (χ2v) is 4.53. The van der Waals surface area contributed by atoms with E-state index in [0.717, 1.165) is 31.9 Å². The second-order valence-electron chi connectivity index (χ2n) is 3.75. The summed E-state index contributed by atoms with van der Waals surface area (Å²) in [6.45, 7) is 4.13. The summed E-state index contributed by atoms with van der Waals surface area (Å²) in [6, 6.07) is 2.18. The lowest BCUT2D eigenvalue weighted by Gasteiger charge is -2.08. The Morgan fingerprint density at radius 2 is 2.44 bits per heavy atom. The summed E-state index contributed by atoms with van der Waals surface area (Å²) in [5.74, 6) is 0.983. The molecular formula is C12H17N3S. The molecule has 0 amide bonds. The molecule has 0 spiro atoms. The fourth-order valence-electron chi connectivity index (χ4n) is 1.58. The Morgan fingerprint density at radius 1 is 1.50 bits per heavy atom. The van der Waals surface area contributed by atoms with Crippen molar-refractivity contribution in [1.29, 1.82) is 0 Å². The molecule has 2 aromatic rings. The van der Waals surface area contributed by atoms with Gasteiger partial charge in [0.15, 0.2) is 0 Å². The standard InChI is InChI=1S/C12H17N3S/c1-2-5-13-12-14-6-8-15(12)7-3-11-4-9-16-10-11/h4,6,8-10H,2-3,5,7H2,1H3,(H,13,14). The van der Waals surface area contributed by atoms with E-state index in [1.807, 2.05) is 12.4 Å². The van der Waals surface area contributed by atoms with E-state index in [1.54, 1.807) is 11.3 Å². The van der Waals surface area contributed by atoms with Crippen molar-refractivity contribution in [2.75, 3.05) is 11.9 Å². The van der Waals surface area contributed by atoms with E-state index in [4.69, 9.17) is 0 Å². The molecule has 0 radical (unpaired) electrons. The molecule has 1 N–H and O–H groups in total. The molecular weight excluding hydrogens is 218 g/mol. The lowest BCUT2D eigenvalue weighted by atomic mass is 10.2. The molecule has 86 valence electrons. The second kappa shape index (κ2) is 5.70. The van der Waals surface area contributed by atoms with Gasteiger partial charge in [0.1, 0.15) is 0 Å². The monoisotopic (exact) mass is 235 g/mol. The van der Waals surface area contributed by atoms with E-state index in [0.29, 0.717) is 0 Å². The first-order chi connectivity index (χ1) is 7.90. The van der Waals surface area contributed by atoms with Crippen LogP contribution in [0.4, 0.5) is 5.95 Å². The average molecular weight is 235 g/mol. The van der Waals surface area contributed by atoms with Gasteiger partial charge in [-0.05, 0) is 35.2 Å². The number of aromatic nitrogens is 2. The van der Waals surface area contributed by atoms with E-state index in [2.05, 4.69) is 38.6 Å². The van der Waals surface area contributed by atoms with Crippen LogP contribution in [0.25, 0.3) is 0 Å². The number of imidazole rings is 1. The molecule has 0 fully saturated rings. The Labute approximate surface area is 100 Å². The third kappa shape index (κ3) is 2.85. The highest BCUT2D eigenvalue weighted by molar-refractivity contribution is 7.07. The van der Waals surface area contributed by atoms with Crippen LogP contribution in [0.1, 0.15) is 18.9 Å². The molecule has 0 atom stereocenters. The molecule has 0 aromatic carbocycles. The minimum Gasteiger partial charge on any atom is -0.356 e. The van der Waals surface area contributed by atoms with Crippen molar-refractivity contribution in [1.82, 2.24) is 9.55 Å². The minimum absolute atomic E-state index is 0.982. The third-order valence-corrected chi connectivity index (χ3v) is 3.20. The van der Waals surface area contributed by atoms with Crippen LogP contribution in [0.15, 0.2) is 29.2 Å². The molecule has 16 heavy (non-hydrogen) atoms. The van der Waals surface area contributed by atoms with E-state index in [1.165, 1.54) is 5.56 Å². The lowest BCUT2D eigenvalue weighted by Crippen LogP contribution is -2.09. The predicted molar refractivity (Wildman–Crippen MR) is 69.0 cm³/mol. The van der Waals surface area contributed by atoms with Crippen LogP contribution in [0.3, 0.4) is 0 Å². The molecule has 2 heterocycles. The normalized spacial score (nSPS) is 10.6. The van der Waals surface area contributed by atoms with Crippen LogP contribution in [0.5, 0.6) is 0 Å². The highest BCUT2D eigenvalue weighted by Crippen LogP contribution is 2.10. The molecule has 0 aliphatic carbocycles. The zero-order valence-corrected chi connectivity index (χ0v) is 10.3. The Kier molecular flexibility index (Phi) is 3.99. The topological polar surface area (TPSA) is 29.9 Å². The summed E-state index contributed by atoms with van der Waals surface area (Å²) in [7, 11) is 0. The molecule has 0 bridgehead atoms. The van der Waals surface area contributed by atoms with Crippen molar-refractivity contribution in [3.8, 4) is 0 Å². The summed E-state index contributed by atoms with van der Waals surface area (Å²) in [4.78, 5) is 4.31. The van der Waals surface area contributed by atoms with E-state index < -0.39 is 0 Å². The summed E-state index contributed by atoms with van der Waals surface area (Å²) in [5.41, 5.74) is 1.40. The van der Waals surface area contributed by atoms with Gasteiger partial charge in [0, 0.05) is 25.5 Å². The van der Waals surface area contributed by atoms with Gasteiger partial charge in [0.05, 0.1) is 0 Å². The largest absolute Gasteiger partial charge is 0.356 e. The van der Waals surface area contributed by atoms with Crippen molar-refractivity contribution in [2.24, 2.45) is 0 Å². The SMILES string of the molecule is CCCNc1nccn1CCc1ccsc1. The van der Waals surface area contributed by atoms with Gasteiger partial charge < -0.3 is 9.88 Å². The summed E-state index contributed by atoms with van der Waals surface area (Å²) in [5, 5.41) is 7.66. The number of hydrogen-bond acceptors (Lipinski definition) is 3. The maximum Gasteiger partial charge on any atom is 0.202 e. The molecule has 2 rings (SSSR count). The number of nitrogens with zero attached hydrogens (tertiary/aromatic N) is 2. The number of anilines is 1. The number of nitrogens with one attached hydrogen (secondary N) is 1. The van der Waals surface area contributed by atoms with Crippen molar-refractivity contribution in [3.05, 3.63) is 34.8 Å². The minimum atomic E-state index is 0.982. The molecule has 3 nitrogen and oxygen atoms in total. The van der Waals surface area contributed by atoms with Crippen LogP contribution in [-0.2, 0) is 13.0 Å². The zero-order chi connectivity index (χ0) is 11.2. The van der Waals surface area contributed by atoms with Gasteiger partial charge in [-0.1, -0.05) is 6.92 Å². The summed E-state index contributed by atoms with van der Waals surface area (Å²) < 4.78 is 2.17. The smallest absolute Gasteiger partial charge is 0.202 e. The number of rotatable bonds is 6. The molecule has 4 heteroatoms. The van der Waals surface area contributed by atoms with Gasteiger partial charge in [0.25, 0.3) is 0 Å². The van der Waals surface area contributed by atoms with E-state index in [9.17, 15) is 0 Å². The zero-order valence-electron chi connectivity index (χ0n) is 9.52. The fourth-order valence-corrected chi connectivity index (χ4v) is 2.28. The van der Waals surface area contributed by atoms with Crippen molar-refractivity contribution < 1.29 is 0 Å². The van der Waals surface area contributed by atoms with Gasteiger partial charge >= 0.3 is 0 Å². The number of thiophene rings is 1. The van der Waals surface area contributed by atoms with E-state index >= 15 is 0 Å². The average Bonchev–Trinajstić information content (AvgIpc) is 2.94. The van der Waals surface area contributed by atoms with Crippen LogP contribution >= 0.6 is 11.3 Å². The van der Waals surface area contributed by atoms with Crippen LogP contribution < -0.4 is 5.32 Å². The molecule has 0 saturated carbocycles. The van der Waals surface area contributed by atoms with Gasteiger partial charge in [-0.25, -0.2) is 4.98 Å². The molecule has 0 aliphatic heterocycles. The fraction of sp³-hybridized carbons (Fsp3) is 0.417. The molecule has 0 aliphatic rings. The first-order valence-corrected chi connectivity index (χ1v) is 6.60. The molecule has 0 saturated heterocycles. The maximum atomic E-state index is 4.31. The third-order valence-electron chi connectivity index (χ3n) is 2.47. The Hall–Kier alpha value is -1.29. The molecule has 2 aromatic heterocycles. The van der Waals surface area contributed by atoms with Gasteiger partial charge in [0.2, 0.25) is 5.95 Å². The molecule has 0 unspecified atom stereocenters. The highest BCUT2D eigenvalue weighted by atomic mass is 32.1. The Bertz CT molecular complexity index is 406. The lowest BCUT2D eigenvalue weighted by molar-refractivity contribution is 0.699. The highest BCUT2D eigenvalue weighted by Gasteiger charge is 2.01. The maximum absolute atomic E-state index is 4.31. The Balaban J connectivity index is 1.91. The number of aryl methyl sites for hydroxylation is 2. The van der Waals surface area contributed by atoms with E-state index in [-0.39, 0.29) is 0 Å². The van der Waals surface area contributed by atoms with Crippen molar-refractivity contribution in [2.45, 2.75) is 26.3 Å².